The van der Waals surface area contributed by atoms with Crippen LogP contribution in [0.4, 0.5) is 10.2 Å². The molecule has 0 bridgehead atoms. The molecule has 0 atom stereocenters. The Morgan fingerprint density at radius 2 is 2.36 bits per heavy atom. The summed E-state index contributed by atoms with van der Waals surface area (Å²) < 4.78 is 12.7. The summed E-state index contributed by atoms with van der Waals surface area (Å²) in [4.78, 5) is 3.56. The van der Waals surface area contributed by atoms with Crippen molar-refractivity contribution in [1.82, 2.24) is 4.98 Å². The molecule has 58 valence electrons. The summed E-state index contributed by atoms with van der Waals surface area (Å²) in [7, 11) is 0. The monoisotopic (exact) mass is 265 g/mol. The lowest BCUT2D eigenvalue weighted by Crippen LogP contribution is -2.00. The number of rotatable bonds is 1. The molecule has 0 radical (unpaired) electrons. The van der Waals surface area contributed by atoms with Crippen molar-refractivity contribution in [2.75, 3.05) is 5.73 Å². The van der Waals surface area contributed by atoms with E-state index in [4.69, 9.17) is 11.1 Å². The molecular formula is C6H5FIN3. The highest BCUT2D eigenvalue weighted by molar-refractivity contribution is 14.1. The molecule has 0 spiro atoms. The molecule has 0 aliphatic carbocycles. The van der Waals surface area contributed by atoms with Gasteiger partial charge in [0.25, 0.3) is 0 Å². The average Bonchev–Trinajstić information content (AvgIpc) is 1.94. The summed E-state index contributed by atoms with van der Waals surface area (Å²) in [6.45, 7) is 0. The fourth-order valence-corrected chi connectivity index (χ4v) is 1.06. The van der Waals surface area contributed by atoms with Crippen LogP contribution in [0.15, 0.2) is 12.3 Å². The summed E-state index contributed by atoms with van der Waals surface area (Å²) in [6.07, 6.45) is 1.03. The van der Waals surface area contributed by atoms with Crippen molar-refractivity contribution in [3.8, 4) is 0 Å². The Morgan fingerprint density at radius 3 is 2.82 bits per heavy atom. The van der Waals surface area contributed by atoms with Crippen LogP contribution >= 0.6 is 22.6 Å². The van der Waals surface area contributed by atoms with E-state index >= 15 is 0 Å². The van der Waals surface area contributed by atoms with E-state index in [1.807, 2.05) is 0 Å². The highest BCUT2D eigenvalue weighted by atomic mass is 127. The van der Waals surface area contributed by atoms with E-state index in [0.29, 0.717) is 5.56 Å². The largest absolute Gasteiger partial charge is 0.383 e. The fourth-order valence-electron chi connectivity index (χ4n) is 0.626. The van der Waals surface area contributed by atoms with Crippen molar-refractivity contribution in [2.24, 2.45) is 0 Å². The number of nitrogens with one attached hydrogen (secondary N) is 1. The van der Waals surface area contributed by atoms with E-state index in [1.165, 1.54) is 6.07 Å². The van der Waals surface area contributed by atoms with Crippen LogP contribution in [0.2, 0.25) is 0 Å². The number of hydrogen-bond acceptors (Lipinski definition) is 3. The van der Waals surface area contributed by atoms with Gasteiger partial charge in [-0.3, -0.25) is 5.41 Å². The zero-order valence-corrected chi connectivity index (χ0v) is 7.59. The van der Waals surface area contributed by atoms with Gasteiger partial charge in [0, 0.05) is 0 Å². The standard InChI is InChI=1S/C6H5FIN3/c7-3-1-4(5(8)9)6(10)11-2-3/h1-2,9H,(H2,10,11). The number of nitrogen functional groups attached to an aromatic ring is 1. The molecule has 0 saturated carbocycles. The Bertz CT molecular complexity index is 300. The van der Waals surface area contributed by atoms with E-state index in [1.54, 1.807) is 22.6 Å². The molecule has 0 amide bonds. The molecule has 0 saturated heterocycles. The first-order valence-electron chi connectivity index (χ1n) is 2.76. The number of aromatic nitrogens is 1. The molecule has 1 aromatic rings. The molecule has 3 N–H and O–H groups in total. The summed E-state index contributed by atoms with van der Waals surface area (Å²) in [5, 5.41) is 7.17. The van der Waals surface area contributed by atoms with Gasteiger partial charge in [0.05, 0.1) is 11.8 Å². The molecule has 1 rings (SSSR count). The second kappa shape index (κ2) is 3.12. The minimum absolute atomic E-state index is 0.186. The Balaban J connectivity index is 3.23. The molecule has 11 heavy (non-hydrogen) atoms. The van der Waals surface area contributed by atoms with Gasteiger partial charge in [0.15, 0.2) is 0 Å². The highest BCUT2D eigenvalue weighted by Gasteiger charge is 2.04. The molecule has 1 aromatic heterocycles. The Morgan fingerprint density at radius 1 is 1.73 bits per heavy atom. The van der Waals surface area contributed by atoms with E-state index in [-0.39, 0.29) is 9.54 Å². The lowest BCUT2D eigenvalue weighted by molar-refractivity contribution is 0.621. The second-order valence-corrected chi connectivity index (χ2v) is 2.98. The smallest absolute Gasteiger partial charge is 0.142 e. The molecule has 0 aliphatic rings. The van der Waals surface area contributed by atoms with Crippen LogP contribution < -0.4 is 5.73 Å². The Labute approximate surface area is 76.5 Å². The molecule has 1 heterocycles. The molecular weight excluding hydrogens is 260 g/mol. The van der Waals surface area contributed by atoms with Crippen molar-refractivity contribution in [2.45, 2.75) is 0 Å². The van der Waals surface area contributed by atoms with Crippen LogP contribution in [0.25, 0.3) is 0 Å². The number of hydrogen-bond donors (Lipinski definition) is 2. The van der Waals surface area contributed by atoms with Gasteiger partial charge in [-0.15, -0.1) is 0 Å². The predicted molar refractivity (Wildman–Crippen MR) is 49.5 cm³/mol. The number of halogens is 2. The zero-order valence-electron chi connectivity index (χ0n) is 5.44. The number of pyridine rings is 1. The van der Waals surface area contributed by atoms with Crippen molar-refractivity contribution in [3.05, 3.63) is 23.6 Å². The maximum atomic E-state index is 12.5. The first kappa shape index (κ1) is 8.38. The minimum atomic E-state index is -0.476. The maximum Gasteiger partial charge on any atom is 0.142 e. The minimum Gasteiger partial charge on any atom is -0.383 e. The van der Waals surface area contributed by atoms with Gasteiger partial charge in [-0.2, -0.15) is 0 Å². The van der Waals surface area contributed by atoms with E-state index < -0.39 is 5.82 Å². The Hall–Kier alpha value is -0.720. The Kier molecular flexibility index (Phi) is 2.38. The van der Waals surface area contributed by atoms with Crippen molar-refractivity contribution >= 4 is 32.1 Å². The van der Waals surface area contributed by atoms with Crippen LogP contribution in [0, 0.1) is 11.2 Å². The second-order valence-electron chi connectivity index (χ2n) is 1.90. The topological polar surface area (TPSA) is 62.8 Å². The van der Waals surface area contributed by atoms with E-state index in [0.717, 1.165) is 6.20 Å². The average molecular weight is 265 g/mol. The van der Waals surface area contributed by atoms with Crippen LogP contribution in [0.5, 0.6) is 0 Å². The third kappa shape index (κ3) is 1.86. The summed E-state index contributed by atoms with van der Waals surface area (Å²) in [6, 6.07) is 1.19. The van der Waals surface area contributed by atoms with Gasteiger partial charge in [0.2, 0.25) is 0 Å². The number of anilines is 1. The third-order valence-corrected chi connectivity index (χ3v) is 1.70. The van der Waals surface area contributed by atoms with Crippen molar-refractivity contribution in [1.29, 1.82) is 5.41 Å². The molecule has 0 aliphatic heterocycles. The molecule has 0 aromatic carbocycles. The molecule has 0 fully saturated rings. The SMILES string of the molecule is N=C(I)c1cc(F)cnc1N. The van der Waals surface area contributed by atoms with Crippen LogP contribution in [0.3, 0.4) is 0 Å². The molecule has 5 heteroatoms. The van der Waals surface area contributed by atoms with E-state index in [2.05, 4.69) is 4.98 Å². The predicted octanol–water partition coefficient (Wildman–Crippen LogP) is 1.56. The van der Waals surface area contributed by atoms with Crippen molar-refractivity contribution in [3.63, 3.8) is 0 Å². The van der Waals surface area contributed by atoms with E-state index in [9.17, 15) is 4.39 Å². The third-order valence-electron chi connectivity index (χ3n) is 1.12. The van der Waals surface area contributed by atoms with Crippen molar-refractivity contribution < 1.29 is 4.39 Å². The normalized spacial score (nSPS) is 9.64. The summed E-state index contributed by atoms with van der Waals surface area (Å²) >= 11 is 1.75. The molecule has 0 unspecified atom stereocenters. The summed E-state index contributed by atoms with van der Waals surface area (Å²) in [5.74, 6) is -0.290. The zero-order chi connectivity index (χ0) is 8.43. The maximum absolute atomic E-state index is 12.5. The number of nitrogens with zero attached hydrogens (tertiary/aromatic N) is 1. The lowest BCUT2D eigenvalue weighted by atomic mass is 10.3. The fraction of sp³-hybridized carbons (Fsp3) is 0. The van der Waals surface area contributed by atoms with Gasteiger partial charge in [-0.25, -0.2) is 9.37 Å². The highest BCUT2D eigenvalue weighted by Crippen LogP contribution is 2.13. The first-order valence-corrected chi connectivity index (χ1v) is 3.84. The van der Waals surface area contributed by atoms with Gasteiger partial charge in [-0.1, -0.05) is 0 Å². The van der Waals surface area contributed by atoms with Crippen LogP contribution in [0.1, 0.15) is 5.56 Å². The van der Waals surface area contributed by atoms with Crippen LogP contribution in [-0.4, -0.2) is 8.70 Å². The first-order chi connectivity index (χ1) is 5.11. The lowest BCUT2D eigenvalue weighted by Gasteiger charge is -1.99. The van der Waals surface area contributed by atoms with Crippen LogP contribution in [-0.2, 0) is 0 Å². The van der Waals surface area contributed by atoms with Gasteiger partial charge >= 0.3 is 0 Å². The quantitative estimate of drug-likeness (QED) is 0.598. The van der Waals surface area contributed by atoms with Gasteiger partial charge < -0.3 is 5.73 Å². The summed E-state index contributed by atoms with van der Waals surface area (Å²) in [5.41, 5.74) is 5.71. The van der Waals surface area contributed by atoms with Gasteiger partial charge in [0.1, 0.15) is 15.4 Å². The van der Waals surface area contributed by atoms with Gasteiger partial charge in [-0.05, 0) is 28.7 Å². The number of nitrogens with two attached hydrogens (primary N) is 1. The molecule has 3 nitrogen and oxygen atoms in total.